The van der Waals surface area contributed by atoms with Crippen LogP contribution >= 0.6 is 11.8 Å². The molecule has 0 spiro atoms. The third kappa shape index (κ3) is 5.75. The van der Waals surface area contributed by atoms with Gasteiger partial charge in [-0.15, -0.1) is 0 Å². The van der Waals surface area contributed by atoms with Crippen molar-refractivity contribution in [3.05, 3.63) is 83.7 Å². The maximum Gasteiger partial charge on any atom is 0.230 e. The number of hydrogen-bond acceptors (Lipinski definition) is 5. The van der Waals surface area contributed by atoms with Crippen molar-refractivity contribution >= 4 is 23.5 Å². The Morgan fingerprint density at radius 2 is 1.71 bits per heavy atom. The minimum Gasteiger partial charge on any atom is -0.364 e. The molecule has 144 valence electrons. The van der Waals surface area contributed by atoms with Crippen LogP contribution in [0.2, 0.25) is 0 Å². The Bertz CT molecular complexity index is 937. The zero-order valence-electron chi connectivity index (χ0n) is 14.9. The minimum atomic E-state index is -0.316. The summed E-state index contributed by atoms with van der Waals surface area (Å²) >= 11 is 1.23. The summed E-state index contributed by atoms with van der Waals surface area (Å²) in [5, 5.41) is 6.38. The van der Waals surface area contributed by atoms with Crippen LogP contribution in [-0.2, 0) is 17.9 Å². The van der Waals surface area contributed by atoms with E-state index in [0.29, 0.717) is 23.0 Å². The Labute approximate surface area is 165 Å². The molecule has 1 heterocycles. The van der Waals surface area contributed by atoms with E-state index in [1.54, 1.807) is 30.3 Å². The molecule has 28 heavy (non-hydrogen) atoms. The Kier molecular flexibility index (Phi) is 6.91. The quantitative estimate of drug-likeness (QED) is 0.564. The van der Waals surface area contributed by atoms with E-state index in [1.807, 2.05) is 0 Å². The van der Waals surface area contributed by atoms with E-state index in [0.717, 1.165) is 5.56 Å². The van der Waals surface area contributed by atoms with Crippen molar-refractivity contribution in [3.8, 4) is 0 Å². The highest BCUT2D eigenvalue weighted by Crippen LogP contribution is 2.23. The number of thioether (sulfide) groups is 1. The molecule has 1 amide bonds. The van der Waals surface area contributed by atoms with Crippen LogP contribution in [0.15, 0.2) is 66.0 Å². The Morgan fingerprint density at radius 1 is 0.964 bits per heavy atom. The number of carbonyl (C=O) groups is 1. The van der Waals surface area contributed by atoms with E-state index >= 15 is 0 Å². The number of nitrogens with zero attached hydrogens (tertiary/aromatic N) is 2. The van der Waals surface area contributed by atoms with Crippen LogP contribution in [0.3, 0.4) is 0 Å². The summed E-state index contributed by atoms with van der Waals surface area (Å²) in [4.78, 5) is 20.5. The molecule has 0 aliphatic carbocycles. The highest BCUT2D eigenvalue weighted by atomic mass is 32.2. The zero-order valence-corrected chi connectivity index (χ0v) is 15.7. The standard InChI is InChI=1S/C20H18F2N4OS/c21-16-7-5-14(6-8-16)11-25-18(27)13-28-20-19(23-9-10-24-20)26-12-15-3-1-2-4-17(15)22/h1-10H,11-13H2,(H,23,26)(H,25,27). The third-order valence-corrected chi connectivity index (χ3v) is 4.79. The molecular weight excluding hydrogens is 382 g/mol. The van der Waals surface area contributed by atoms with E-state index in [9.17, 15) is 13.6 Å². The fraction of sp³-hybridized carbons (Fsp3) is 0.150. The summed E-state index contributed by atoms with van der Waals surface area (Å²) in [7, 11) is 0. The molecule has 3 rings (SSSR count). The molecule has 3 aromatic rings. The van der Waals surface area contributed by atoms with Crippen molar-refractivity contribution in [2.75, 3.05) is 11.1 Å². The van der Waals surface area contributed by atoms with E-state index in [1.165, 1.54) is 42.4 Å². The fourth-order valence-electron chi connectivity index (χ4n) is 2.36. The van der Waals surface area contributed by atoms with Crippen LogP contribution in [0.5, 0.6) is 0 Å². The molecule has 0 saturated heterocycles. The highest BCUT2D eigenvalue weighted by Gasteiger charge is 2.10. The summed E-state index contributed by atoms with van der Waals surface area (Å²) in [5.74, 6) is -0.159. The van der Waals surface area contributed by atoms with Crippen molar-refractivity contribution in [2.24, 2.45) is 0 Å². The number of benzene rings is 2. The molecule has 5 nitrogen and oxygen atoms in total. The molecule has 0 aliphatic heterocycles. The summed E-state index contributed by atoms with van der Waals surface area (Å²) in [5.41, 5.74) is 1.33. The maximum atomic E-state index is 13.7. The van der Waals surface area contributed by atoms with Gasteiger partial charge in [0.25, 0.3) is 0 Å². The zero-order chi connectivity index (χ0) is 19.8. The molecule has 0 unspecified atom stereocenters. The average molecular weight is 400 g/mol. The maximum absolute atomic E-state index is 13.7. The Morgan fingerprint density at radius 3 is 2.50 bits per heavy atom. The van der Waals surface area contributed by atoms with Crippen LogP contribution < -0.4 is 10.6 Å². The first kappa shape index (κ1) is 19.8. The summed E-state index contributed by atoms with van der Waals surface area (Å²) in [6.07, 6.45) is 3.06. The lowest BCUT2D eigenvalue weighted by Gasteiger charge is -2.10. The van der Waals surface area contributed by atoms with Gasteiger partial charge in [0.05, 0.1) is 5.75 Å². The predicted octanol–water partition coefficient (Wildman–Crippen LogP) is 3.78. The highest BCUT2D eigenvalue weighted by molar-refractivity contribution is 8.00. The molecule has 8 heteroatoms. The number of halogens is 2. The van der Waals surface area contributed by atoms with E-state index < -0.39 is 0 Å². The van der Waals surface area contributed by atoms with Crippen LogP contribution in [0, 0.1) is 11.6 Å². The molecule has 0 radical (unpaired) electrons. The number of anilines is 1. The van der Waals surface area contributed by atoms with Gasteiger partial charge in [0, 0.05) is 31.0 Å². The first-order valence-corrected chi connectivity index (χ1v) is 9.52. The lowest BCUT2D eigenvalue weighted by atomic mass is 10.2. The Balaban J connectivity index is 1.52. The van der Waals surface area contributed by atoms with E-state index in [-0.39, 0.29) is 29.8 Å². The number of carbonyl (C=O) groups excluding carboxylic acids is 1. The smallest absolute Gasteiger partial charge is 0.230 e. The Hall–Kier alpha value is -3.00. The number of hydrogen-bond donors (Lipinski definition) is 2. The monoisotopic (exact) mass is 400 g/mol. The molecule has 0 saturated carbocycles. The van der Waals surface area contributed by atoms with Gasteiger partial charge in [0.2, 0.25) is 5.91 Å². The van der Waals surface area contributed by atoms with Crippen molar-refractivity contribution in [3.63, 3.8) is 0 Å². The molecular formula is C20H18F2N4OS. The summed E-state index contributed by atoms with van der Waals surface area (Å²) in [6.45, 7) is 0.578. The lowest BCUT2D eigenvalue weighted by Crippen LogP contribution is -2.24. The van der Waals surface area contributed by atoms with Crippen LogP contribution in [0.25, 0.3) is 0 Å². The molecule has 0 bridgehead atoms. The van der Waals surface area contributed by atoms with E-state index in [4.69, 9.17) is 0 Å². The average Bonchev–Trinajstić information content (AvgIpc) is 2.72. The molecule has 0 fully saturated rings. The minimum absolute atomic E-state index is 0.147. The molecule has 2 aromatic carbocycles. The number of aromatic nitrogens is 2. The fourth-order valence-corrected chi connectivity index (χ4v) is 3.13. The van der Waals surface area contributed by atoms with Crippen LogP contribution in [0.1, 0.15) is 11.1 Å². The van der Waals surface area contributed by atoms with Crippen molar-refractivity contribution in [1.29, 1.82) is 0 Å². The first-order valence-electron chi connectivity index (χ1n) is 8.54. The largest absolute Gasteiger partial charge is 0.364 e. The first-order chi connectivity index (χ1) is 13.6. The second kappa shape index (κ2) is 9.80. The van der Waals surface area contributed by atoms with Gasteiger partial charge in [0.15, 0.2) is 5.82 Å². The second-order valence-electron chi connectivity index (χ2n) is 5.85. The van der Waals surface area contributed by atoms with Gasteiger partial charge in [-0.1, -0.05) is 42.1 Å². The van der Waals surface area contributed by atoms with Gasteiger partial charge >= 0.3 is 0 Å². The van der Waals surface area contributed by atoms with Gasteiger partial charge in [-0.2, -0.15) is 0 Å². The van der Waals surface area contributed by atoms with Crippen molar-refractivity contribution in [1.82, 2.24) is 15.3 Å². The van der Waals surface area contributed by atoms with Gasteiger partial charge in [-0.3, -0.25) is 4.79 Å². The van der Waals surface area contributed by atoms with Crippen LogP contribution in [0.4, 0.5) is 14.6 Å². The van der Waals surface area contributed by atoms with Crippen molar-refractivity contribution in [2.45, 2.75) is 18.1 Å². The van der Waals surface area contributed by atoms with Gasteiger partial charge < -0.3 is 10.6 Å². The van der Waals surface area contributed by atoms with Gasteiger partial charge in [-0.25, -0.2) is 18.7 Å². The number of amides is 1. The van der Waals surface area contributed by atoms with Gasteiger partial charge in [0.1, 0.15) is 16.7 Å². The topological polar surface area (TPSA) is 66.9 Å². The van der Waals surface area contributed by atoms with Crippen LogP contribution in [-0.4, -0.2) is 21.6 Å². The molecule has 2 N–H and O–H groups in total. The molecule has 0 atom stereocenters. The number of rotatable bonds is 8. The lowest BCUT2D eigenvalue weighted by molar-refractivity contribution is -0.118. The summed E-state index contributed by atoms with van der Waals surface area (Å²) < 4.78 is 26.6. The second-order valence-corrected chi connectivity index (χ2v) is 6.81. The van der Waals surface area contributed by atoms with Crippen molar-refractivity contribution < 1.29 is 13.6 Å². The number of nitrogens with one attached hydrogen (secondary N) is 2. The molecule has 1 aromatic heterocycles. The van der Waals surface area contributed by atoms with E-state index in [2.05, 4.69) is 20.6 Å². The summed E-state index contributed by atoms with van der Waals surface area (Å²) in [6, 6.07) is 12.4. The van der Waals surface area contributed by atoms with Gasteiger partial charge in [-0.05, 0) is 23.8 Å². The predicted molar refractivity (Wildman–Crippen MR) is 105 cm³/mol. The SMILES string of the molecule is O=C(CSc1nccnc1NCc1ccccc1F)NCc1ccc(F)cc1. The normalized spacial score (nSPS) is 10.5. The molecule has 0 aliphatic rings. The third-order valence-electron chi connectivity index (χ3n) is 3.81.